The lowest BCUT2D eigenvalue weighted by Crippen LogP contribution is -2.48. The third kappa shape index (κ3) is 4.58. The van der Waals surface area contributed by atoms with Gasteiger partial charge in [-0.05, 0) is 42.5 Å². The standard InChI is InChI=1S/C29H28N8O3/c1-39-24-13-21-22(14-25(24)40-2)32-18-33-28(21)35-11-8-19(9-12-35)16-36-17-20-5-3-4-6-23(20)37(29(36)38)27-7-10-31-26(15-30)34-27/h3-7,10,13-14,18-19H,8-9,11-12,16-17H2,1-2H3. The maximum Gasteiger partial charge on any atom is 0.330 e. The molecule has 1 saturated heterocycles. The number of carbonyl (C=O) groups excluding carboxylic acids is 1. The van der Waals surface area contributed by atoms with E-state index in [2.05, 4.69) is 24.8 Å². The maximum atomic E-state index is 13.8. The molecule has 0 unspecified atom stereocenters. The first-order chi connectivity index (χ1) is 19.6. The minimum Gasteiger partial charge on any atom is -0.493 e. The molecule has 6 rings (SSSR count). The normalized spacial score (nSPS) is 15.6. The average Bonchev–Trinajstić information content (AvgIpc) is 3.01. The predicted octanol–water partition coefficient (Wildman–Crippen LogP) is 4.30. The summed E-state index contributed by atoms with van der Waals surface area (Å²) in [5.41, 5.74) is 2.61. The number of hydrogen-bond donors (Lipinski definition) is 0. The van der Waals surface area contributed by atoms with Crippen LogP contribution in [0.2, 0.25) is 0 Å². The number of urea groups is 1. The lowest BCUT2D eigenvalue weighted by atomic mass is 9.95. The summed E-state index contributed by atoms with van der Waals surface area (Å²) in [6.07, 6.45) is 4.92. The van der Waals surface area contributed by atoms with Crippen LogP contribution in [-0.2, 0) is 6.54 Å². The number of rotatable bonds is 6. The fourth-order valence-corrected chi connectivity index (χ4v) is 5.53. The molecular weight excluding hydrogens is 508 g/mol. The van der Waals surface area contributed by atoms with Crippen molar-refractivity contribution in [3.63, 3.8) is 0 Å². The molecule has 0 bridgehead atoms. The Morgan fingerprint density at radius 1 is 1.02 bits per heavy atom. The van der Waals surface area contributed by atoms with Gasteiger partial charge in [0.05, 0.1) is 25.4 Å². The van der Waals surface area contributed by atoms with Gasteiger partial charge in [0, 0.05) is 43.8 Å². The number of carbonyl (C=O) groups is 1. The fraction of sp³-hybridized carbons (Fsp3) is 0.310. The van der Waals surface area contributed by atoms with Crippen molar-refractivity contribution in [2.75, 3.05) is 43.7 Å². The van der Waals surface area contributed by atoms with Crippen molar-refractivity contribution in [2.24, 2.45) is 5.92 Å². The second-order valence-electron chi connectivity index (χ2n) is 9.83. The number of methoxy groups -OCH3 is 2. The van der Waals surface area contributed by atoms with E-state index >= 15 is 0 Å². The van der Waals surface area contributed by atoms with Crippen LogP contribution in [0.5, 0.6) is 11.5 Å². The van der Waals surface area contributed by atoms with Crippen LogP contribution in [0, 0.1) is 17.2 Å². The van der Waals surface area contributed by atoms with Crippen LogP contribution in [0.25, 0.3) is 10.9 Å². The van der Waals surface area contributed by atoms with E-state index in [1.807, 2.05) is 47.4 Å². The summed E-state index contributed by atoms with van der Waals surface area (Å²) >= 11 is 0. The topological polar surface area (TPSA) is 121 Å². The molecule has 2 aliphatic rings. The minimum absolute atomic E-state index is 0.0283. The molecule has 2 amide bonds. The third-order valence-electron chi connectivity index (χ3n) is 7.54. The second kappa shape index (κ2) is 10.6. The first-order valence-electron chi connectivity index (χ1n) is 13.1. The van der Waals surface area contributed by atoms with E-state index in [9.17, 15) is 10.1 Å². The smallest absolute Gasteiger partial charge is 0.330 e. The van der Waals surface area contributed by atoms with Crippen LogP contribution in [0.4, 0.5) is 22.1 Å². The van der Waals surface area contributed by atoms with E-state index in [0.717, 1.165) is 53.9 Å². The average molecular weight is 537 g/mol. The maximum absolute atomic E-state index is 13.8. The summed E-state index contributed by atoms with van der Waals surface area (Å²) in [6, 6.07) is 15.1. The van der Waals surface area contributed by atoms with Crippen molar-refractivity contribution in [1.82, 2.24) is 24.8 Å². The summed E-state index contributed by atoms with van der Waals surface area (Å²) in [5, 5.41) is 10.2. The number of aromatic nitrogens is 4. The molecule has 11 nitrogen and oxygen atoms in total. The Bertz CT molecular complexity index is 1610. The third-order valence-corrected chi connectivity index (χ3v) is 7.54. The molecule has 0 saturated carbocycles. The first kappa shape index (κ1) is 25.3. The Kier molecular flexibility index (Phi) is 6.74. The van der Waals surface area contributed by atoms with Gasteiger partial charge in [-0.3, -0.25) is 0 Å². The van der Waals surface area contributed by atoms with Gasteiger partial charge in [-0.1, -0.05) is 18.2 Å². The summed E-state index contributed by atoms with van der Waals surface area (Å²) < 4.78 is 11.0. The van der Waals surface area contributed by atoms with E-state index in [0.29, 0.717) is 36.3 Å². The summed E-state index contributed by atoms with van der Waals surface area (Å²) in [7, 11) is 3.23. The molecule has 2 aliphatic heterocycles. The van der Waals surface area contributed by atoms with E-state index in [4.69, 9.17) is 9.47 Å². The van der Waals surface area contributed by atoms with Gasteiger partial charge in [0.2, 0.25) is 5.82 Å². The molecule has 0 N–H and O–H groups in total. The zero-order chi connectivity index (χ0) is 27.6. The Morgan fingerprint density at radius 2 is 1.80 bits per heavy atom. The fourth-order valence-electron chi connectivity index (χ4n) is 5.53. The number of benzene rings is 2. The number of fused-ring (bicyclic) bond motifs is 2. The van der Waals surface area contributed by atoms with Crippen molar-refractivity contribution in [3.05, 3.63) is 66.4 Å². The molecule has 2 aromatic carbocycles. The van der Waals surface area contributed by atoms with Gasteiger partial charge in [0.1, 0.15) is 24.0 Å². The van der Waals surface area contributed by atoms with Gasteiger partial charge in [0.15, 0.2) is 11.5 Å². The van der Waals surface area contributed by atoms with Gasteiger partial charge in [-0.2, -0.15) is 5.26 Å². The summed E-state index contributed by atoms with van der Waals surface area (Å²) in [5.74, 6) is 2.89. The molecule has 0 aliphatic carbocycles. The number of amides is 2. The Balaban J connectivity index is 1.20. The van der Waals surface area contributed by atoms with Crippen LogP contribution >= 0.6 is 0 Å². The monoisotopic (exact) mass is 536 g/mol. The van der Waals surface area contributed by atoms with Gasteiger partial charge in [-0.25, -0.2) is 29.6 Å². The molecule has 11 heteroatoms. The molecule has 1 fully saturated rings. The number of ether oxygens (including phenoxy) is 2. The SMILES string of the molecule is COc1cc2ncnc(N3CCC(CN4Cc5ccccc5N(c5ccnc(C#N)n5)C4=O)CC3)c2cc1OC. The lowest BCUT2D eigenvalue weighted by Gasteiger charge is -2.40. The van der Waals surface area contributed by atoms with Crippen molar-refractivity contribution < 1.29 is 14.3 Å². The van der Waals surface area contributed by atoms with E-state index < -0.39 is 0 Å². The quantitative estimate of drug-likeness (QED) is 0.355. The van der Waals surface area contributed by atoms with E-state index in [-0.39, 0.29) is 11.9 Å². The zero-order valence-electron chi connectivity index (χ0n) is 22.3. The van der Waals surface area contributed by atoms with Crippen molar-refractivity contribution in [2.45, 2.75) is 19.4 Å². The molecule has 0 atom stereocenters. The molecule has 2 aromatic heterocycles. The highest BCUT2D eigenvalue weighted by Crippen LogP contribution is 2.37. The molecule has 202 valence electrons. The largest absolute Gasteiger partial charge is 0.493 e. The molecule has 0 radical (unpaired) electrons. The molecule has 40 heavy (non-hydrogen) atoms. The van der Waals surface area contributed by atoms with Gasteiger partial charge >= 0.3 is 6.03 Å². The van der Waals surface area contributed by atoms with Gasteiger partial charge in [0.25, 0.3) is 0 Å². The number of anilines is 3. The highest BCUT2D eigenvalue weighted by Gasteiger charge is 2.34. The lowest BCUT2D eigenvalue weighted by molar-refractivity contribution is 0.183. The molecular formula is C29H28N8O3. The Hall–Kier alpha value is -4.98. The van der Waals surface area contributed by atoms with E-state index in [1.54, 1.807) is 31.5 Å². The first-order valence-corrected chi connectivity index (χ1v) is 13.1. The van der Waals surface area contributed by atoms with Crippen LogP contribution in [0.1, 0.15) is 24.2 Å². The highest BCUT2D eigenvalue weighted by atomic mass is 16.5. The second-order valence-corrected chi connectivity index (χ2v) is 9.83. The van der Waals surface area contributed by atoms with Crippen molar-refractivity contribution in [3.8, 4) is 17.6 Å². The van der Waals surface area contributed by atoms with Gasteiger partial charge in [-0.15, -0.1) is 0 Å². The van der Waals surface area contributed by atoms with Crippen LogP contribution in [0.3, 0.4) is 0 Å². The van der Waals surface area contributed by atoms with Crippen molar-refractivity contribution in [1.29, 1.82) is 5.26 Å². The molecule has 4 heterocycles. The summed E-state index contributed by atoms with van der Waals surface area (Å²) in [4.78, 5) is 36.8. The Labute approximate surface area is 231 Å². The Morgan fingerprint density at radius 3 is 2.58 bits per heavy atom. The van der Waals surface area contributed by atoms with Crippen LogP contribution in [0.15, 0.2) is 55.0 Å². The number of hydrogen-bond acceptors (Lipinski definition) is 9. The van der Waals surface area contributed by atoms with E-state index in [1.165, 1.54) is 6.20 Å². The highest BCUT2D eigenvalue weighted by molar-refractivity contribution is 6.01. The number of para-hydroxylation sites is 1. The zero-order valence-corrected chi connectivity index (χ0v) is 22.3. The van der Waals surface area contributed by atoms with Gasteiger partial charge < -0.3 is 19.3 Å². The summed E-state index contributed by atoms with van der Waals surface area (Å²) in [6.45, 7) is 2.78. The minimum atomic E-state index is -0.147. The predicted molar refractivity (Wildman–Crippen MR) is 149 cm³/mol. The number of piperidine rings is 1. The molecule has 4 aromatic rings. The van der Waals surface area contributed by atoms with Crippen LogP contribution in [-0.4, -0.2) is 64.7 Å². The van der Waals surface area contributed by atoms with Crippen molar-refractivity contribution >= 4 is 34.3 Å². The number of nitrogens with zero attached hydrogens (tertiary/aromatic N) is 8. The van der Waals surface area contributed by atoms with Crippen LogP contribution < -0.4 is 19.3 Å². The molecule has 0 spiro atoms. The number of nitriles is 1.